The summed E-state index contributed by atoms with van der Waals surface area (Å²) in [5.41, 5.74) is -1.25. The molecule has 1 aromatic carbocycles. The smallest absolute Gasteiger partial charge is 0.444 e. The fourth-order valence-corrected chi connectivity index (χ4v) is 3.74. The molecule has 1 aromatic rings. The molecule has 2 heterocycles. The van der Waals surface area contributed by atoms with E-state index in [1.165, 1.54) is 18.2 Å². The van der Waals surface area contributed by atoms with Crippen LogP contribution in [0.3, 0.4) is 0 Å². The minimum Gasteiger partial charge on any atom is -0.444 e. The lowest BCUT2D eigenvalue weighted by molar-refractivity contribution is 0.00578. The molecule has 32 heavy (non-hydrogen) atoms. The second kappa shape index (κ2) is 8.34. The highest BCUT2D eigenvalue weighted by Crippen LogP contribution is 2.36. The Morgan fingerprint density at radius 1 is 1.12 bits per heavy atom. The summed E-state index contributed by atoms with van der Waals surface area (Å²) in [6.45, 7) is 16.0. The van der Waals surface area contributed by atoms with Gasteiger partial charge in [-0.25, -0.2) is 9.18 Å². The second-order valence-electron chi connectivity index (χ2n) is 10.6. The monoisotopic (exact) mass is 448 g/mol. The van der Waals surface area contributed by atoms with Crippen LogP contribution in [0.5, 0.6) is 0 Å². The number of carbonyl (C=O) groups is 2. The number of carbonyl (C=O) groups excluding carboxylic acids is 2. The number of benzene rings is 1. The average Bonchev–Trinajstić information content (AvgIpc) is 2.87. The summed E-state index contributed by atoms with van der Waals surface area (Å²) in [5, 5.41) is 0. The zero-order valence-corrected chi connectivity index (χ0v) is 20.3. The van der Waals surface area contributed by atoms with E-state index in [2.05, 4.69) is 0 Å². The van der Waals surface area contributed by atoms with E-state index in [1.54, 1.807) is 9.80 Å². The number of hydrogen-bond donors (Lipinski definition) is 0. The first-order chi connectivity index (χ1) is 14.6. The first kappa shape index (κ1) is 24.5. The summed E-state index contributed by atoms with van der Waals surface area (Å²) >= 11 is 0. The topological polar surface area (TPSA) is 68.3 Å². The summed E-state index contributed by atoms with van der Waals surface area (Å²) in [6.07, 6.45) is -0.388. The van der Waals surface area contributed by atoms with Crippen molar-refractivity contribution in [2.45, 2.75) is 78.2 Å². The van der Waals surface area contributed by atoms with Gasteiger partial charge in [-0.1, -0.05) is 0 Å². The molecule has 2 saturated heterocycles. The molecule has 3 rings (SSSR count). The summed E-state index contributed by atoms with van der Waals surface area (Å²) in [7, 11) is -0.894. The van der Waals surface area contributed by atoms with Crippen molar-refractivity contribution in [2.75, 3.05) is 19.6 Å². The Bertz CT molecular complexity index is 883. The van der Waals surface area contributed by atoms with Crippen LogP contribution in [0.2, 0.25) is 0 Å². The number of piperazine rings is 1. The van der Waals surface area contributed by atoms with E-state index in [-0.39, 0.29) is 23.5 Å². The molecule has 0 N–H and O–H groups in total. The molecule has 7 nitrogen and oxygen atoms in total. The molecule has 0 aliphatic carbocycles. The Balaban J connectivity index is 1.74. The van der Waals surface area contributed by atoms with Gasteiger partial charge in [-0.15, -0.1) is 0 Å². The maximum atomic E-state index is 14.6. The van der Waals surface area contributed by atoms with Crippen molar-refractivity contribution >= 4 is 24.6 Å². The minimum atomic E-state index is -0.894. The summed E-state index contributed by atoms with van der Waals surface area (Å²) in [6, 6.07) is 4.04. The van der Waals surface area contributed by atoms with Crippen molar-refractivity contribution in [1.82, 2.24) is 9.80 Å². The lowest BCUT2D eigenvalue weighted by Crippen LogP contribution is -2.56. The lowest BCUT2D eigenvalue weighted by Gasteiger charge is -2.40. The maximum Gasteiger partial charge on any atom is 0.497 e. The van der Waals surface area contributed by atoms with E-state index >= 15 is 0 Å². The largest absolute Gasteiger partial charge is 0.497 e. The third-order valence-electron chi connectivity index (χ3n) is 6.29. The number of halogens is 1. The molecule has 176 valence electrons. The van der Waals surface area contributed by atoms with E-state index in [4.69, 9.17) is 14.0 Å². The molecule has 9 heteroatoms. The first-order valence-corrected chi connectivity index (χ1v) is 11.1. The molecule has 2 aliphatic rings. The summed E-state index contributed by atoms with van der Waals surface area (Å²) in [5.74, 6) is -0.707. The van der Waals surface area contributed by atoms with Gasteiger partial charge in [0.1, 0.15) is 11.4 Å². The van der Waals surface area contributed by atoms with Crippen molar-refractivity contribution in [3.8, 4) is 0 Å². The van der Waals surface area contributed by atoms with Gasteiger partial charge >= 0.3 is 13.2 Å². The van der Waals surface area contributed by atoms with E-state index in [1.807, 2.05) is 55.4 Å². The van der Waals surface area contributed by atoms with E-state index in [0.717, 1.165) is 0 Å². The van der Waals surface area contributed by atoms with Crippen molar-refractivity contribution in [3.63, 3.8) is 0 Å². The van der Waals surface area contributed by atoms with Gasteiger partial charge in [0.15, 0.2) is 0 Å². The molecule has 0 saturated carbocycles. The van der Waals surface area contributed by atoms with Crippen LogP contribution in [-0.4, -0.2) is 71.4 Å². The van der Waals surface area contributed by atoms with E-state index < -0.39 is 29.7 Å². The highest BCUT2D eigenvalue weighted by atomic mass is 19.1. The Hall–Kier alpha value is -2.13. The van der Waals surface area contributed by atoms with Crippen molar-refractivity contribution in [1.29, 1.82) is 0 Å². The van der Waals surface area contributed by atoms with Gasteiger partial charge in [0.05, 0.1) is 11.2 Å². The SMILES string of the molecule is C[C@@H]1CN(C(=O)OC(C)(C)C)CCN1C(=O)c1ccc(F)c(B2OC(C)(C)C(C)(C)O2)c1. The number of amides is 2. The summed E-state index contributed by atoms with van der Waals surface area (Å²) in [4.78, 5) is 28.9. The molecule has 2 aliphatic heterocycles. The van der Waals surface area contributed by atoms with Gasteiger partial charge in [0.25, 0.3) is 5.91 Å². The Morgan fingerprint density at radius 2 is 1.72 bits per heavy atom. The van der Waals surface area contributed by atoms with Crippen molar-refractivity contribution in [3.05, 3.63) is 29.6 Å². The van der Waals surface area contributed by atoms with E-state index in [0.29, 0.717) is 25.2 Å². The number of rotatable bonds is 2. The van der Waals surface area contributed by atoms with Gasteiger partial charge in [0.2, 0.25) is 0 Å². The van der Waals surface area contributed by atoms with Crippen molar-refractivity contribution < 1.29 is 28.0 Å². The quantitative estimate of drug-likeness (QED) is 0.651. The number of hydrogen-bond acceptors (Lipinski definition) is 5. The van der Waals surface area contributed by atoms with Gasteiger partial charge in [-0.3, -0.25) is 4.79 Å². The second-order valence-corrected chi connectivity index (χ2v) is 10.6. The van der Waals surface area contributed by atoms with Gasteiger partial charge in [-0.2, -0.15) is 0 Å². The van der Waals surface area contributed by atoms with Crippen LogP contribution in [0.1, 0.15) is 65.7 Å². The van der Waals surface area contributed by atoms with Crippen molar-refractivity contribution in [2.24, 2.45) is 0 Å². The highest BCUT2D eigenvalue weighted by Gasteiger charge is 2.52. The van der Waals surface area contributed by atoms with Gasteiger partial charge in [0, 0.05) is 36.7 Å². The zero-order chi connectivity index (χ0) is 24.1. The third-order valence-corrected chi connectivity index (χ3v) is 6.29. The maximum absolute atomic E-state index is 14.6. The predicted molar refractivity (Wildman–Crippen MR) is 120 cm³/mol. The Kier molecular flexibility index (Phi) is 6.39. The van der Waals surface area contributed by atoms with Gasteiger partial charge in [-0.05, 0) is 73.6 Å². The van der Waals surface area contributed by atoms with E-state index in [9.17, 15) is 14.0 Å². The molecule has 0 radical (unpaired) electrons. The minimum absolute atomic E-state index is 0.203. The third kappa shape index (κ3) is 4.93. The molecule has 0 unspecified atom stereocenters. The number of nitrogens with zero attached hydrogens (tertiary/aromatic N) is 2. The standard InChI is InChI=1S/C23H34BFN2O5/c1-15-14-26(20(29)30-21(2,3)4)11-12-27(15)19(28)16-9-10-18(25)17(13-16)24-31-22(5,6)23(7,8)32-24/h9-10,13,15H,11-12,14H2,1-8H3/t15-/m1/s1. The van der Waals surface area contributed by atoms with Crippen LogP contribution >= 0.6 is 0 Å². The van der Waals surface area contributed by atoms with Crippen LogP contribution in [0, 0.1) is 5.82 Å². The normalized spacial score (nSPS) is 22.8. The van der Waals surface area contributed by atoms with Crippen LogP contribution in [0.15, 0.2) is 18.2 Å². The molecule has 2 amide bonds. The zero-order valence-electron chi connectivity index (χ0n) is 20.3. The Labute approximate surface area is 190 Å². The lowest BCUT2D eigenvalue weighted by atomic mass is 9.77. The molecular weight excluding hydrogens is 414 g/mol. The van der Waals surface area contributed by atoms with Crippen LogP contribution in [0.25, 0.3) is 0 Å². The average molecular weight is 448 g/mol. The highest BCUT2D eigenvalue weighted by molar-refractivity contribution is 6.62. The predicted octanol–water partition coefficient (Wildman–Crippen LogP) is 3.21. The molecule has 1 atom stereocenters. The first-order valence-electron chi connectivity index (χ1n) is 11.1. The van der Waals surface area contributed by atoms with Crippen LogP contribution < -0.4 is 5.46 Å². The fraction of sp³-hybridized carbons (Fsp3) is 0.652. The van der Waals surface area contributed by atoms with Crippen LogP contribution in [-0.2, 0) is 14.0 Å². The number of ether oxygens (including phenoxy) is 1. The molecule has 2 fully saturated rings. The van der Waals surface area contributed by atoms with Gasteiger partial charge < -0.3 is 23.8 Å². The molecule has 0 aromatic heterocycles. The molecule has 0 spiro atoms. The fourth-order valence-electron chi connectivity index (χ4n) is 3.74. The van der Waals surface area contributed by atoms with Crippen LogP contribution in [0.4, 0.5) is 9.18 Å². The molecule has 0 bridgehead atoms. The summed E-state index contributed by atoms with van der Waals surface area (Å²) < 4.78 is 32.0. The Morgan fingerprint density at radius 3 is 2.25 bits per heavy atom. The molecular formula is C23H34BFN2O5.